The molecule has 1 spiro atoms. The fraction of sp³-hybridized carbons (Fsp3) is 0.435. The summed E-state index contributed by atoms with van der Waals surface area (Å²) in [5.41, 5.74) is 1.07. The Bertz CT molecular complexity index is 1170. The number of anilines is 1. The topological polar surface area (TPSA) is 38.4 Å². The normalized spacial score (nSPS) is 24.9. The SMILES string of the molecule is CC1CC2(CCN1Cc1ccc3n[nH]c(C(F)(F)F)c3c1)CN(C)SN2c1cccc(F)c1. The highest BCUT2D eigenvalue weighted by Gasteiger charge is 2.49. The van der Waals surface area contributed by atoms with Crippen molar-refractivity contribution in [2.75, 3.05) is 24.4 Å². The first kappa shape index (κ1) is 22.5. The van der Waals surface area contributed by atoms with E-state index in [1.807, 2.05) is 19.2 Å². The molecule has 33 heavy (non-hydrogen) atoms. The number of piperidine rings is 1. The number of alkyl halides is 3. The van der Waals surface area contributed by atoms with Gasteiger partial charge in [0.05, 0.1) is 16.7 Å². The van der Waals surface area contributed by atoms with Gasteiger partial charge < -0.3 is 0 Å². The number of rotatable bonds is 3. The summed E-state index contributed by atoms with van der Waals surface area (Å²) in [6, 6.07) is 12.0. The second-order valence-corrected chi connectivity index (χ2v) is 10.2. The minimum absolute atomic E-state index is 0.104. The van der Waals surface area contributed by atoms with Crippen molar-refractivity contribution >= 4 is 28.7 Å². The Morgan fingerprint density at radius 3 is 2.76 bits per heavy atom. The highest BCUT2D eigenvalue weighted by Crippen LogP contribution is 2.47. The third kappa shape index (κ3) is 4.20. The molecule has 0 saturated carbocycles. The number of benzene rings is 2. The lowest BCUT2D eigenvalue weighted by atomic mass is 9.82. The Morgan fingerprint density at radius 2 is 2.03 bits per heavy atom. The number of fused-ring (bicyclic) bond motifs is 1. The fourth-order valence-corrected chi connectivity index (χ4v) is 6.36. The van der Waals surface area contributed by atoms with E-state index < -0.39 is 11.9 Å². The van der Waals surface area contributed by atoms with Gasteiger partial charge in [-0.05, 0) is 62.7 Å². The van der Waals surface area contributed by atoms with E-state index in [2.05, 4.69) is 30.6 Å². The Morgan fingerprint density at radius 1 is 1.21 bits per heavy atom. The second kappa shape index (κ2) is 8.18. The van der Waals surface area contributed by atoms with Crippen LogP contribution in [0.4, 0.5) is 23.2 Å². The molecular weight excluding hydrogens is 454 g/mol. The molecule has 3 heterocycles. The average Bonchev–Trinajstić information content (AvgIpc) is 3.31. The van der Waals surface area contributed by atoms with E-state index in [0.717, 1.165) is 37.2 Å². The molecule has 2 fully saturated rings. The Balaban J connectivity index is 1.35. The lowest BCUT2D eigenvalue weighted by Gasteiger charge is -2.47. The Hall–Kier alpha value is -2.30. The molecular formula is C23H25F4N5S. The highest BCUT2D eigenvalue weighted by atomic mass is 32.2. The molecule has 0 radical (unpaired) electrons. The lowest BCUT2D eigenvalue weighted by molar-refractivity contribution is -0.139. The summed E-state index contributed by atoms with van der Waals surface area (Å²) < 4.78 is 58.2. The zero-order valence-corrected chi connectivity index (χ0v) is 19.2. The molecule has 0 aliphatic carbocycles. The average molecular weight is 480 g/mol. The predicted octanol–water partition coefficient (Wildman–Crippen LogP) is 5.46. The van der Waals surface area contributed by atoms with Gasteiger partial charge in [0, 0.05) is 43.2 Å². The molecule has 0 bridgehead atoms. The quantitative estimate of drug-likeness (QED) is 0.399. The summed E-state index contributed by atoms with van der Waals surface area (Å²) in [7, 11) is 2.04. The maximum Gasteiger partial charge on any atom is 0.433 e. The van der Waals surface area contributed by atoms with Gasteiger partial charge in [0.25, 0.3) is 0 Å². The first-order chi connectivity index (χ1) is 15.6. The van der Waals surface area contributed by atoms with E-state index in [0.29, 0.717) is 12.1 Å². The van der Waals surface area contributed by atoms with Crippen LogP contribution in [0.3, 0.4) is 0 Å². The summed E-state index contributed by atoms with van der Waals surface area (Å²) in [5, 5.41) is 6.02. The van der Waals surface area contributed by atoms with Crippen LogP contribution in [0.1, 0.15) is 31.0 Å². The fourth-order valence-electron chi connectivity index (χ4n) is 5.18. The smallest absolute Gasteiger partial charge is 0.296 e. The Kier molecular flexibility index (Phi) is 5.57. The van der Waals surface area contributed by atoms with E-state index in [1.54, 1.807) is 36.4 Å². The number of hydrogen-bond donors (Lipinski definition) is 1. The van der Waals surface area contributed by atoms with Gasteiger partial charge in [-0.3, -0.25) is 14.3 Å². The lowest BCUT2D eigenvalue weighted by Crippen LogP contribution is -2.56. The molecule has 10 heteroatoms. The minimum atomic E-state index is -4.47. The number of H-pyrrole nitrogens is 1. The van der Waals surface area contributed by atoms with Crippen molar-refractivity contribution in [2.45, 2.75) is 44.1 Å². The van der Waals surface area contributed by atoms with Crippen LogP contribution in [0.15, 0.2) is 42.5 Å². The molecule has 2 saturated heterocycles. The summed E-state index contributed by atoms with van der Waals surface area (Å²) in [4.78, 5) is 2.31. The largest absolute Gasteiger partial charge is 0.433 e. The maximum atomic E-state index is 13.9. The van der Waals surface area contributed by atoms with Gasteiger partial charge >= 0.3 is 6.18 Å². The van der Waals surface area contributed by atoms with Gasteiger partial charge in [0.2, 0.25) is 0 Å². The molecule has 2 aliphatic heterocycles. The summed E-state index contributed by atoms with van der Waals surface area (Å²) in [6.07, 6.45) is -2.71. The number of halogens is 4. The summed E-state index contributed by atoms with van der Waals surface area (Å²) >= 11 is 1.61. The standard InChI is InChI=1S/C23H25F4N5S/c1-15-12-22(14-30(2)33-32(22)18-5-3-4-17(24)11-18)8-9-31(15)13-16-6-7-20-19(10-16)21(29-28-20)23(25,26)27/h3-7,10-11,15H,8-9,12-14H2,1-2H3,(H,28,29). The van der Waals surface area contributed by atoms with E-state index in [4.69, 9.17) is 0 Å². The predicted molar refractivity (Wildman–Crippen MR) is 122 cm³/mol. The van der Waals surface area contributed by atoms with Crippen LogP contribution in [0.2, 0.25) is 0 Å². The molecule has 3 aromatic rings. The van der Waals surface area contributed by atoms with Gasteiger partial charge in [-0.1, -0.05) is 12.1 Å². The van der Waals surface area contributed by atoms with Crippen LogP contribution in [-0.4, -0.2) is 51.1 Å². The minimum Gasteiger partial charge on any atom is -0.296 e. The molecule has 2 unspecified atom stereocenters. The number of aromatic nitrogens is 2. The van der Waals surface area contributed by atoms with E-state index in [9.17, 15) is 17.6 Å². The van der Waals surface area contributed by atoms with Crippen molar-refractivity contribution in [1.29, 1.82) is 0 Å². The van der Waals surface area contributed by atoms with Crippen molar-refractivity contribution in [1.82, 2.24) is 19.4 Å². The van der Waals surface area contributed by atoms with Gasteiger partial charge in [-0.25, -0.2) is 8.70 Å². The van der Waals surface area contributed by atoms with Crippen molar-refractivity contribution in [3.63, 3.8) is 0 Å². The summed E-state index contributed by atoms with van der Waals surface area (Å²) in [6.45, 7) is 4.39. The van der Waals surface area contributed by atoms with Crippen molar-refractivity contribution in [3.8, 4) is 0 Å². The number of likely N-dealkylation sites (tertiary alicyclic amines) is 1. The molecule has 2 atom stereocenters. The number of nitrogens with zero attached hydrogens (tertiary/aromatic N) is 4. The highest BCUT2D eigenvalue weighted by molar-refractivity contribution is 7.98. The van der Waals surface area contributed by atoms with Gasteiger partial charge in [-0.15, -0.1) is 0 Å². The van der Waals surface area contributed by atoms with Gasteiger partial charge in [0.1, 0.15) is 11.5 Å². The molecule has 1 aromatic heterocycles. The van der Waals surface area contributed by atoms with Crippen LogP contribution < -0.4 is 4.31 Å². The molecule has 176 valence electrons. The number of hydrogen-bond acceptors (Lipinski definition) is 5. The second-order valence-electron chi connectivity index (χ2n) is 9.09. The number of nitrogens with one attached hydrogen (secondary N) is 1. The van der Waals surface area contributed by atoms with Crippen LogP contribution >= 0.6 is 12.1 Å². The van der Waals surface area contributed by atoms with Crippen molar-refractivity contribution in [3.05, 3.63) is 59.5 Å². The third-order valence-corrected chi connectivity index (χ3v) is 7.83. The number of likely N-dealkylation sites (N-methyl/N-ethyl adjacent to an activating group) is 1. The molecule has 0 amide bonds. The van der Waals surface area contributed by atoms with E-state index >= 15 is 0 Å². The van der Waals surface area contributed by atoms with Crippen LogP contribution in [-0.2, 0) is 12.7 Å². The van der Waals surface area contributed by atoms with E-state index in [-0.39, 0.29) is 22.8 Å². The molecule has 2 aliphatic rings. The monoisotopic (exact) mass is 479 g/mol. The van der Waals surface area contributed by atoms with Crippen LogP contribution in [0, 0.1) is 5.82 Å². The summed E-state index contributed by atoms with van der Waals surface area (Å²) in [5.74, 6) is -0.254. The third-order valence-electron chi connectivity index (χ3n) is 6.66. The van der Waals surface area contributed by atoms with Crippen molar-refractivity contribution < 1.29 is 17.6 Å². The van der Waals surface area contributed by atoms with Crippen LogP contribution in [0.25, 0.3) is 10.9 Å². The zero-order valence-electron chi connectivity index (χ0n) is 18.4. The first-order valence-corrected chi connectivity index (χ1v) is 11.6. The molecule has 5 rings (SSSR count). The number of aromatic amines is 1. The Labute approximate surface area is 194 Å². The molecule has 1 N–H and O–H groups in total. The zero-order chi connectivity index (χ0) is 23.4. The van der Waals surface area contributed by atoms with Crippen LogP contribution in [0.5, 0.6) is 0 Å². The first-order valence-electron chi connectivity index (χ1n) is 10.9. The maximum absolute atomic E-state index is 13.9. The van der Waals surface area contributed by atoms with E-state index in [1.165, 1.54) is 6.07 Å². The van der Waals surface area contributed by atoms with Crippen molar-refractivity contribution in [2.24, 2.45) is 0 Å². The molecule has 5 nitrogen and oxygen atoms in total. The molecule has 2 aromatic carbocycles. The van der Waals surface area contributed by atoms with Gasteiger partial charge in [0.15, 0.2) is 0 Å². The van der Waals surface area contributed by atoms with Gasteiger partial charge in [-0.2, -0.15) is 18.3 Å².